The van der Waals surface area contributed by atoms with Gasteiger partial charge in [-0.05, 0) is 29.3 Å². The Morgan fingerprint density at radius 1 is 0.538 bits per heavy atom. The van der Waals surface area contributed by atoms with E-state index in [-0.39, 0.29) is 16.9 Å². The molecule has 26 heavy (non-hydrogen) atoms. The van der Waals surface area contributed by atoms with Gasteiger partial charge in [0.15, 0.2) is 5.78 Å². The van der Waals surface area contributed by atoms with Gasteiger partial charge in [0.05, 0.1) is 11.1 Å². The first-order valence-electron chi connectivity index (χ1n) is 7.77. The molecule has 0 saturated carbocycles. The molecule has 5 heteroatoms. The molecule has 0 aromatic heterocycles. The van der Waals surface area contributed by atoms with Crippen LogP contribution in [0.1, 0.15) is 36.6 Å². The van der Waals surface area contributed by atoms with Crippen molar-refractivity contribution in [3.63, 3.8) is 0 Å². The standard InChI is InChI=1S/C21H14O5/c22-19(14-4-2-1-3-5-14)15-8-6-13(7-9-15)16-10-17(20(23)24)12-18(11-16)21(25)26/h1-12H,(H,23,24)(H,25,26). The molecule has 0 aliphatic rings. The Kier molecular flexibility index (Phi) is 4.62. The monoisotopic (exact) mass is 346 g/mol. The van der Waals surface area contributed by atoms with Crippen molar-refractivity contribution >= 4 is 17.7 Å². The van der Waals surface area contributed by atoms with Crippen LogP contribution in [-0.2, 0) is 0 Å². The lowest BCUT2D eigenvalue weighted by molar-refractivity contribution is 0.0696. The van der Waals surface area contributed by atoms with Crippen molar-refractivity contribution < 1.29 is 24.6 Å². The van der Waals surface area contributed by atoms with E-state index in [0.717, 1.165) is 6.07 Å². The number of carbonyl (C=O) groups is 3. The summed E-state index contributed by atoms with van der Waals surface area (Å²) in [5.41, 5.74) is 1.93. The van der Waals surface area contributed by atoms with E-state index in [1.54, 1.807) is 48.5 Å². The van der Waals surface area contributed by atoms with Crippen molar-refractivity contribution in [3.05, 3.63) is 95.1 Å². The normalized spacial score (nSPS) is 10.3. The lowest BCUT2D eigenvalue weighted by atomic mass is 9.97. The van der Waals surface area contributed by atoms with Gasteiger partial charge in [-0.3, -0.25) is 4.79 Å². The maximum absolute atomic E-state index is 12.4. The average Bonchev–Trinajstić information content (AvgIpc) is 2.67. The molecule has 5 nitrogen and oxygen atoms in total. The minimum absolute atomic E-state index is 0.107. The largest absolute Gasteiger partial charge is 0.478 e. The average molecular weight is 346 g/mol. The van der Waals surface area contributed by atoms with Crippen LogP contribution in [0.2, 0.25) is 0 Å². The number of carboxylic acids is 2. The summed E-state index contributed by atoms with van der Waals surface area (Å²) < 4.78 is 0. The van der Waals surface area contributed by atoms with Crippen molar-refractivity contribution in [1.29, 1.82) is 0 Å². The van der Waals surface area contributed by atoms with E-state index in [4.69, 9.17) is 10.2 Å². The second kappa shape index (κ2) is 7.03. The number of carbonyl (C=O) groups excluding carboxylic acids is 1. The fourth-order valence-corrected chi connectivity index (χ4v) is 2.61. The van der Waals surface area contributed by atoms with Crippen molar-refractivity contribution in [1.82, 2.24) is 0 Å². The lowest BCUT2D eigenvalue weighted by Crippen LogP contribution is -2.03. The van der Waals surface area contributed by atoms with Gasteiger partial charge < -0.3 is 10.2 Å². The first-order valence-corrected chi connectivity index (χ1v) is 7.77. The van der Waals surface area contributed by atoms with Crippen LogP contribution in [0.25, 0.3) is 11.1 Å². The molecule has 0 spiro atoms. The highest BCUT2D eigenvalue weighted by Gasteiger charge is 2.13. The number of carboxylic acid groups (broad SMARTS) is 2. The van der Waals surface area contributed by atoms with Gasteiger partial charge in [0.2, 0.25) is 0 Å². The summed E-state index contributed by atoms with van der Waals surface area (Å²) in [6, 6.07) is 19.4. The second-order valence-electron chi connectivity index (χ2n) is 5.68. The molecular formula is C21H14O5. The van der Waals surface area contributed by atoms with Gasteiger partial charge in [0.1, 0.15) is 0 Å². The summed E-state index contributed by atoms with van der Waals surface area (Å²) >= 11 is 0. The van der Waals surface area contributed by atoms with E-state index in [0.29, 0.717) is 22.3 Å². The topological polar surface area (TPSA) is 91.7 Å². The van der Waals surface area contributed by atoms with Crippen LogP contribution in [-0.4, -0.2) is 27.9 Å². The van der Waals surface area contributed by atoms with E-state index in [9.17, 15) is 14.4 Å². The molecule has 3 aromatic carbocycles. The highest BCUT2D eigenvalue weighted by molar-refractivity contribution is 6.09. The fraction of sp³-hybridized carbons (Fsp3) is 0. The SMILES string of the molecule is O=C(O)c1cc(C(=O)O)cc(-c2ccc(C(=O)c3ccccc3)cc2)c1. The lowest BCUT2D eigenvalue weighted by Gasteiger charge is -2.07. The number of benzene rings is 3. The summed E-state index contributed by atoms with van der Waals surface area (Å²) in [4.78, 5) is 34.9. The van der Waals surface area contributed by atoms with E-state index in [1.807, 2.05) is 6.07 Å². The number of ketones is 1. The molecule has 0 amide bonds. The van der Waals surface area contributed by atoms with Crippen LogP contribution in [0.15, 0.2) is 72.8 Å². The summed E-state index contributed by atoms with van der Waals surface area (Å²) in [5, 5.41) is 18.3. The van der Waals surface area contributed by atoms with Gasteiger partial charge in [-0.2, -0.15) is 0 Å². The molecule has 0 aliphatic carbocycles. The highest BCUT2D eigenvalue weighted by Crippen LogP contribution is 2.24. The molecule has 0 bridgehead atoms. The van der Waals surface area contributed by atoms with Gasteiger partial charge in [0.25, 0.3) is 0 Å². The molecule has 3 aromatic rings. The predicted molar refractivity (Wildman–Crippen MR) is 95.7 cm³/mol. The number of rotatable bonds is 5. The highest BCUT2D eigenvalue weighted by atomic mass is 16.4. The Morgan fingerprint density at radius 3 is 1.54 bits per heavy atom. The molecule has 0 saturated heterocycles. The van der Waals surface area contributed by atoms with E-state index in [1.165, 1.54) is 12.1 Å². The minimum atomic E-state index is -1.20. The van der Waals surface area contributed by atoms with Crippen molar-refractivity contribution in [2.45, 2.75) is 0 Å². The van der Waals surface area contributed by atoms with Gasteiger partial charge in [-0.1, -0.05) is 54.6 Å². The Balaban J connectivity index is 1.97. The molecule has 0 fully saturated rings. The zero-order valence-electron chi connectivity index (χ0n) is 13.5. The molecule has 0 unspecified atom stereocenters. The van der Waals surface area contributed by atoms with Gasteiger partial charge in [-0.25, -0.2) is 9.59 Å². The summed E-state index contributed by atoms with van der Waals surface area (Å²) in [6.07, 6.45) is 0. The Morgan fingerprint density at radius 2 is 1.04 bits per heavy atom. The Bertz CT molecular complexity index is 956. The number of aromatic carboxylic acids is 2. The quantitative estimate of drug-likeness (QED) is 0.682. The molecule has 2 N–H and O–H groups in total. The summed E-state index contributed by atoms with van der Waals surface area (Å²) in [6.45, 7) is 0. The molecule has 0 heterocycles. The van der Waals surface area contributed by atoms with Gasteiger partial charge in [0, 0.05) is 11.1 Å². The minimum Gasteiger partial charge on any atom is -0.478 e. The smallest absolute Gasteiger partial charge is 0.335 e. The third-order valence-electron chi connectivity index (χ3n) is 3.94. The summed E-state index contributed by atoms with van der Waals surface area (Å²) in [7, 11) is 0. The van der Waals surface area contributed by atoms with Gasteiger partial charge in [-0.15, -0.1) is 0 Å². The molecular weight excluding hydrogens is 332 g/mol. The third-order valence-corrected chi connectivity index (χ3v) is 3.94. The first-order chi connectivity index (χ1) is 12.5. The van der Waals surface area contributed by atoms with Crippen LogP contribution < -0.4 is 0 Å². The van der Waals surface area contributed by atoms with E-state index < -0.39 is 11.9 Å². The van der Waals surface area contributed by atoms with Crippen LogP contribution in [0.5, 0.6) is 0 Å². The zero-order chi connectivity index (χ0) is 18.7. The van der Waals surface area contributed by atoms with E-state index in [2.05, 4.69) is 0 Å². The Hall–Kier alpha value is -3.73. The molecule has 3 rings (SSSR count). The van der Waals surface area contributed by atoms with Crippen molar-refractivity contribution in [3.8, 4) is 11.1 Å². The van der Waals surface area contributed by atoms with Crippen molar-refractivity contribution in [2.24, 2.45) is 0 Å². The maximum Gasteiger partial charge on any atom is 0.335 e. The van der Waals surface area contributed by atoms with Crippen molar-refractivity contribution in [2.75, 3.05) is 0 Å². The number of hydrogen-bond donors (Lipinski definition) is 2. The van der Waals surface area contributed by atoms with Crippen LogP contribution >= 0.6 is 0 Å². The maximum atomic E-state index is 12.4. The Labute approximate surface area is 149 Å². The van der Waals surface area contributed by atoms with Crippen LogP contribution in [0.3, 0.4) is 0 Å². The second-order valence-corrected chi connectivity index (χ2v) is 5.68. The molecule has 0 atom stereocenters. The third kappa shape index (κ3) is 3.52. The van der Waals surface area contributed by atoms with Crippen LogP contribution in [0.4, 0.5) is 0 Å². The molecule has 0 radical (unpaired) electrons. The zero-order valence-corrected chi connectivity index (χ0v) is 13.5. The predicted octanol–water partition coefficient (Wildman–Crippen LogP) is 3.98. The first kappa shape index (κ1) is 17.1. The number of hydrogen-bond acceptors (Lipinski definition) is 3. The fourth-order valence-electron chi connectivity index (χ4n) is 2.61. The van der Waals surface area contributed by atoms with Crippen LogP contribution in [0, 0.1) is 0 Å². The van der Waals surface area contributed by atoms with E-state index >= 15 is 0 Å². The molecule has 0 aliphatic heterocycles. The molecule has 128 valence electrons. The summed E-state index contributed by atoms with van der Waals surface area (Å²) in [5.74, 6) is -2.53. The van der Waals surface area contributed by atoms with Gasteiger partial charge >= 0.3 is 11.9 Å².